The van der Waals surface area contributed by atoms with E-state index in [2.05, 4.69) is 25.1 Å². The van der Waals surface area contributed by atoms with E-state index in [4.69, 9.17) is 11.6 Å². The predicted molar refractivity (Wildman–Crippen MR) is 125 cm³/mol. The van der Waals surface area contributed by atoms with E-state index in [1.165, 1.54) is 11.3 Å². The summed E-state index contributed by atoms with van der Waals surface area (Å²) < 4.78 is 0. The van der Waals surface area contributed by atoms with Crippen molar-refractivity contribution >= 4 is 56.1 Å². The fourth-order valence-corrected chi connectivity index (χ4v) is 5.47. The van der Waals surface area contributed by atoms with Crippen molar-refractivity contribution in [2.75, 3.05) is 37.6 Å². The van der Waals surface area contributed by atoms with Gasteiger partial charge < -0.3 is 4.90 Å². The van der Waals surface area contributed by atoms with Gasteiger partial charge in [-0.3, -0.25) is 9.69 Å². The Bertz CT molecular complexity index is 1170. The smallest absolute Gasteiger partial charge is 0.186 e. The molecule has 5 rings (SSSR count). The highest BCUT2D eigenvalue weighted by Crippen LogP contribution is 2.38. The number of halogens is 1. The maximum Gasteiger partial charge on any atom is 0.186 e. The number of hydrogen-bond donors (Lipinski definition) is 0. The van der Waals surface area contributed by atoms with E-state index in [-0.39, 0.29) is 5.78 Å². The monoisotopic (exact) mass is 454 g/mol. The van der Waals surface area contributed by atoms with Crippen LogP contribution in [0.15, 0.2) is 53.5 Å². The zero-order valence-electron chi connectivity index (χ0n) is 16.1. The first kappa shape index (κ1) is 19.6. The molecule has 1 aromatic carbocycles. The first-order valence-corrected chi connectivity index (χ1v) is 11.8. The van der Waals surface area contributed by atoms with Crippen LogP contribution in [0.2, 0.25) is 5.02 Å². The lowest BCUT2D eigenvalue weighted by Crippen LogP contribution is -2.48. The molecule has 0 aliphatic carbocycles. The van der Waals surface area contributed by atoms with Gasteiger partial charge in [-0.2, -0.15) is 0 Å². The Balaban J connectivity index is 1.36. The Kier molecular flexibility index (Phi) is 5.52. The molecule has 0 radical (unpaired) electrons. The minimum Gasteiger partial charge on any atom is -0.353 e. The second kappa shape index (κ2) is 8.43. The second-order valence-corrected chi connectivity index (χ2v) is 9.44. The maximum atomic E-state index is 12.4. The molecule has 0 spiro atoms. The Hall–Kier alpha value is -2.32. The van der Waals surface area contributed by atoms with Gasteiger partial charge in [-0.1, -0.05) is 29.8 Å². The first-order chi connectivity index (χ1) is 14.7. The molecule has 0 N–H and O–H groups in total. The van der Waals surface area contributed by atoms with Crippen molar-refractivity contribution in [3.8, 4) is 11.1 Å². The number of nitrogens with zero attached hydrogens (tertiary/aromatic N) is 4. The van der Waals surface area contributed by atoms with Gasteiger partial charge in [-0.25, -0.2) is 9.97 Å². The van der Waals surface area contributed by atoms with Gasteiger partial charge in [0.05, 0.1) is 16.8 Å². The van der Waals surface area contributed by atoms with Crippen LogP contribution in [0.1, 0.15) is 9.67 Å². The summed E-state index contributed by atoms with van der Waals surface area (Å²) in [5.74, 6) is 1.17. The van der Waals surface area contributed by atoms with Gasteiger partial charge in [0.1, 0.15) is 17.0 Å². The lowest BCUT2D eigenvalue weighted by molar-refractivity contribution is 0.0930. The van der Waals surface area contributed by atoms with Crippen LogP contribution in [0.5, 0.6) is 0 Å². The summed E-state index contributed by atoms with van der Waals surface area (Å²) in [6.07, 6.45) is 1.65. The van der Waals surface area contributed by atoms with Crippen LogP contribution < -0.4 is 4.90 Å². The Labute approximate surface area is 187 Å². The number of fused-ring (bicyclic) bond motifs is 1. The summed E-state index contributed by atoms with van der Waals surface area (Å²) in [6.45, 7) is 3.81. The molecule has 4 heterocycles. The van der Waals surface area contributed by atoms with Gasteiger partial charge in [0.15, 0.2) is 5.78 Å². The van der Waals surface area contributed by atoms with Crippen molar-refractivity contribution in [3.63, 3.8) is 0 Å². The molecule has 5 nitrogen and oxygen atoms in total. The molecule has 1 aliphatic heterocycles. The Morgan fingerprint density at radius 1 is 1.03 bits per heavy atom. The first-order valence-electron chi connectivity index (χ1n) is 9.71. The summed E-state index contributed by atoms with van der Waals surface area (Å²) in [6, 6.07) is 11.7. The van der Waals surface area contributed by atoms with Gasteiger partial charge in [-0.15, -0.1) is 22.7 Å². The fourth-order valence-electron chi connectivity index (χ4n) is 3.78. The van der Waals surface area contributed by atoms with Crippen LogP contribution in [0.4, 0.5) is 5.82 Å². The zero-order chi connectivity index (χ0) is 20.5. The van der Waals surface area contributed by atoms with E-state index >= 15 is 0 Å². The Morgan fingerprint density at radius 3 is 2.57 bits per heavy atom. The normalized spacial score (nSPS) is 15.0. The van der Waals surface area contributed by atoms with Crippen LogP contribution in [0.25, 0.3) is 21.3 Å². The number of piperazine rings is 1. The van der Waals surface area contributed by atoms with Crippen LogP contribution in [0, 0.1) is 0 Å². The van der Waals surface area contributed by atoms with Crippen molar-refractivity contribution in [2.24, 2.45) is 0 Å². The number of benzene rings is 1. The number of thiophene rings is 2. The summed E-state index contributed by atoms with van der Waals surface area (Å²) >= 11 is 9.21. The Morgan fingerprint density at radius 2 is 1.83 bits per heavy atom. The quantitative estimate of drug-likeness (QED) is 0.393. The lowest BCUT2D eigenvalue weighted by Gasteiger charge is -2.35. The minimum absolute atomic E-state index is 0.200. The maximum absolute atomic E-state index is 12.4. The largest absolute Gasteiger partial charge is 0.353 e. The highest BCUT2D eigenvalue weighted by atomic mass is 35.5. The van der Waals surface area contributed by atoms with Crippen LogP contribution in [0.3, 0.4) is 0 Å². The van der Waals surface area contributed by atoms with E-state index in [0.717, 1.165) is 63.2 Å². The average Bonchev–Trinajstić information content (AvgIpc) is 3.45. The number of aromatic nitrogens is 2. The summed E-state index contributed by atoms with van der Waals surface area (Å²) in [4.78, 5) is 27.9. The minimum atomic E-state index is 0.200. The molecule has 0 atom stereocenters. The molecule has 30 heavy (non-hydrogen) atoms. The molecule has 1 aliphatic rings. The molecular formula is C22H19ClN4OS2. The van der Waals surface area contributed by atoms with Gasteiger partial charge in [0.2, 0.25) is 0 Å². The van der Waals surface area contributed by atoms with E-state index in [1.54, 1.807) is 17.7 Å². The van der Waals surface area contributed by atoms with E-state index < -0.39 is 0 Å². The van der Waals surface area contributed by atoms with Crippen molar-refractivity contribution in [3.05, 3.63) is 63.4 Å². The van der Waals surface area contributed by atoms with Crippen LogP contribution >= 0.6 is 34.3 Å². The number of hydrogen-bond acceptors (Lipinski definition) is 7. The molecule has 1 saturated heterocycles. The van der Waals surface area contributed by atoms with Gasteiger partial charge in [0.25, 0.3) is 0 Å². The van der Waals surface area contributed by atoms with Crippen molar-refractivity contribution in [1.29, 1.82) is 0 Å². The van der Waals surface area contributed by atoms with Gasteiger partial charge in [-0.05, 0) is 29.1 Å². The summed E-state index contributed by atoms with van der Waals surface area (Å²) in [5.41, 5.74) is 2.25. The fraction of sp³-hybridized carbons (Fsp3) is 0.227. The third-order valence-corrected chi connectivity index (χ3v) is 7.39. The molecular weight excluding hydrogens is 436 g/mol. The molecule has 0 amide bonds. The van der Waals surface area contributed by atoms with E-state index in [9.17, 15) is 4.79 Å². The van der Waals surface area contributed by atoms with Gasteiger partial charge in [0, 0.05) is 42.1 Å². The highest BCUT2D eigenvalue weighted by Gasteiger charge is 2.24. The van der Waals surface area contributed by atoms with Crippen molar-refractivity contribution in [2.45, 2.75) is 0 Å². The average molecular weight is 455 g/mol. The third kappa shape index (κ3) is 3.86. The molecule has 0 unspecified atom stereocenters. The highest BCUT2D eigenvalue weighted by molar-refractivity contribution is 7.17. The number of carbonyl (C=O) groups excluding carboxylic acids is 1. The number of ketones is 1. The van der Waals surface area contributed by atoms with Crippen molar-refractivity contribution < 1.29 is 4.79 Å². The number of rotatable bonds is 5. The number of anilines is 1. The molecule has 8 heteroatoms. The third-order valence-electron chi connectivity index (χ3n) is 5.34. The SMILES string of the molecule is O=C(CN1CCN(c2ncnc3scc(-c4ccc(Cl)cc4)c23)CC1)c1cccs1. The summed E-state index contributed by atoms with van der Waals surface area (Å²) in [5, 5.41) is 5.91. The number of carbonyl (C=O) groups is 1. The molecule has 3 aromatic heterocycles. The van der Waals surface area contributed by atoms with Crippen LogP contribution in [-0.2, 0) is 0 Å². The zero-order valence-corrected chi connectivity index (χ0v) is 18.5. The number of Topliss-reactive ketones (excluding diaryl/α,β-unsaturated/α-hetero) is 1. The molecule has 0 bridgehead atoms. The molecule has 0 saturated carbocycles. The lowest BCUT2D eigenvalue weighted by atomic mass is 10.1. The summed E-state index contributed by atoms with van der Waals surface area (Å²) in [7, 11) is 0. The van der Waals surface area contributed by atoms with Gasteiger partial charge >= 0.3 is 0 Å². The van der Waals surface area contributed by atoms with E-state index in [1.807, 2.05) is 41.8 Å². The van der Waals surface area contributed by atoms with Crippen molar-refractivity contribution in [1.82, 2.24) is 14.9 Å². The molecule has 152 valence electrons. The standard InChI is InChI=1S/C22H19ClN4OS2/c23-16-5-3-15(4-6-16)17-13-30-22-20(17)21(24-14-25-22)27-9-7-26(8-10-27)12-18(28)19-2-1-11-29-19/h1-6,11,13-14H,7-10,12H2. The molecule has 4 aromatic rings. The van der Waals surface area contributed by atoms with E-state index in [0.29, 0.717) is 6.54 Å². The predicted octanol–water partition coefficient (Wildman–Crippen LogP) is 5.08. The van der Waals surface area contributed by atoms with Crippen LogP contribution in [-0.4, -0.2) is 53.4 Å². The molecule has 1 fully saturated rings. The topological polar surface area (TPSA) is 49.3 Å². The second-order valence-electron chi connectivity index (χ2n) is 7.20.